The molecular formula is C58H65BN2. The zero-order valence-corrected chi connectivity index (χ0v) is 38.9. The summed E-state index contributed by atoms with van der Waals surface area (Å²) in [6.07, 6.45) is 3.31. The first-order valence-electron chi connectivity index (χ1n) is 24.2. The molecule has 310 valence electrons. The van der Waals surface area contributed by atoms with Gasteiger partial charge in [0.25, 0.3) is 6.71 Å². The number of fused-ring (bicyclic) bond motifs is 6. The topological polar surface area (TPSA) is 6.48 Å². The first-order chi connectivity index (χ1) is 29.8. The minimum atomic E-state index is -2.35. The molecule has 4 aliphatic rings. The second kappa shape index (κ2) is 13.0. The highest BCUT2D eigenvalue weighted by atomic mass is 15.2. The van der Waals surface area contributed by atoms with Gasteiger partial charge in [0.15, 0.2) is 0 Å². The highest BCUT2D eigenvalue weighted by Crippen LogP contribution is 2.55. The number of hydrogen-bond acceptors (Lipinski definition) is 2. The molecule has 2 aliphatic heterocycles. The van der Waals surface area contributed by atoms with E-state index in [9.17, 15) is 0 Å². The highest BCUT2D eigenvalue weighted by molar-refractivity contribution is 7.00. The number of aryl methyl sites for hydroxylation is 3. The van der Waals surface area contributed by atoms with Crippen LogP contribution >= 0.6 is 0 Å². The molecule has 0 unspecified atom stereocenters. The van der Waals surface area contributed by atoms with Gasteiger partial charge in [-0.15, -0.1) is 0 Å². The van der Waals surface area contributed by atoms with Gasteiger partial charge in [0.05, 0.1) is 0 Å². The molecule has 2 aliphatic carbocycles. The monoisotopic (exact) mass is 804 g/mol. The average Bonchev–Trinajstić information content (AvgIpc) is 3.40. The Hall–Kier alpha value is -5.02. The summed E-state index contributed by atoms with van der Waals surface area (Å²) in [5, 5.41) is 0. The predicted octanol–water partition coefficient (Wildman–Crippen LogP) is 14.0. The van der Waals surface area contributed by atoms with Crippen LogP contribution in [-0.2, 0) is 27.1 Å². The maximum absolute atomic E-state index is 9.12. The Kier molecular flexibility index (Phi) is 7.81. The summed E-state index contributed by atoms with van der Waals surface area (Å²) in [6, 6.07) is 38.6. The molecule has 0 saturated heterocycles. The van der Waals surface area contributed by atoms with E-state index in [1.54, 1.807) is 0 Å². The van der Waals surface area contributed by atoms with E-state index in [-0.39, 0.29) is 33.8 Å². The van der Waals surface area contributed by atoms with Crippen molar-refractivity contribution in [2.24, 2.45) is 0 Å². The molecule has 0 fully saturated rings. The molecule has 6 aromatic carbocycles. The van der Waals surface area contributed by atoms with Gasteiger partial charge in [0, 0.05) is 38.2 Å². The summed E-state index contributed by atoms with van der Waals surface area (Å²) >= 11 is 0. The fraction of sp³-hybridized carbons (Fsp3) is 0.379. The number of anilines is 6. The van der Waals surface area contributed by atoms with E-state index in [1.165, 1.54) is 44.3 Å². The summed E-state index contributed by atoms with van der Waals surface area (Å²) in [7, 11) is 0. The molecule has 0 aromatic heterocycles. The molecule has 6 aromatic rings. The molecule has 2 nitrogen and oxygen atoms in total. The van der Waals surface area contributed by atoms with Gasteiger partial charge in [0.1, 0.15) is 0 Å². The second-order valence-corrected chi connectivity index (χ2v) is 22.8. The van der Waals surface area contributed by atoms with Crippen LogP contribution in [0.3, 0.4) is 0 Å². The van der Waals surface area contributed by atoms with Crippen LogP contribution in [0.25, 0.3) is 11.1 Å². The quantitative estimate of drug-likeness (QED) is 0.164. The van der Waals surface area contributed by atoms with Crippen molar-refractivity contribution in [3.8, 4) is 11.1 Å². The van der Waals surface area contributed by atoms with Crippen molar-refractivity contribution in [3.63, 3.8) is 0 Å². The van der Waals surface area contributed by atoms with Crippen LogP contribution in [0.4, 0.5) is 34.1 Å². The second-order valence-electron chi connectivity index (χ2n) is 22.8. The zero-order chi connectivity index (χ0) is 45.8. The predicted molar refractivity (Wildman–Crippen MR) is 265 cm³/mol. The van der Waals surface area contributed by atoms with Crippen LogP contribution in [-0.4, -0.2) is 6.71 Å². The van der Waals surface area contributed by atoms with Crippen molar-refractivity contribution >= 4 is 57.2 Å². The number of nitrogens with zero attached hydrogens (tertiary/aromatic N) is 2. The van der Waals surface area contributed by atoms with E-state index < -0.39 is 6.85 Å². The molecule has 0 N–H and O–H groups in total. The van der Waals surface area contributed by atoms with E-state index in [2.05, 4.69) is 191 Å². The number of hydrogen-bond donors (Lipinski definition) is 0. The Bertz CT molecular complexity index is 2930. The van der Waals surface area contributed by atoms with Gasteiger partial charge in [-0.2, -0.15) is 0 Å². The third-order valence-corrected chi connectivity index (χ3v) is 15.4. The highest BCUT2D eigenvalue weighted by Gasteiger charge is 2.49. The molecule has 0 atom stereocenters. The lowest BCUT2D eigenvalue weighted by atomic mass is 9.33. The summed E-state index contributed by atoms with van der Waals surface area (Å²) in [5.74, 6) is 0. The molecule has 3 heteroatoms. The van der Waals surface area contributed by atoms with Gasteiger partial charge in [-0.3, -0.25) is 0 Å². The maximum atomic E-state index is 9.12. The Morgan fingerprint density at radius 3 is 1.69 bits per heavy atom. The minimum Gasteiger partial charge on any atom is -0.311 e. The summed E-state index contributed by atoms with van der Waals surface area (Å²) in [5.41, 5.74) is 21.8. The first-order valence-corrected chi connectivity index (χ1v) is 22.7. The lowest BCUT2D eigenvalue weighted by Crippen LogP contribution is -2.61. The van der Waals surface area contributed by atoms with Gasteiger partial charge >= 0.3 is 0 Å². The molecule has 0 spiro atoms. The summed E-state index contributed by atoms with van der Waals surface area (Å²) < 4.78 is 27.4. The molecule has 0 amide bonds. The fourth-order valence-corrected chi connectivity index (χ4v) is 12.1. The van der Waals surface area contributed by atoms with Crippen molar-refractivity contribution in [2.75, 3.05) is 9.80 Å². The molecule has 2 heterocycles. The number of benzene rings is 6. The largest absolute Gasteiger partial charge is 0.311 e. The minimum absolute atomic E-state index is 0.0137. The van der Waals surface area contributed by atoms with Crippen molar-refractivity contribution < 1.29 is 4.11 Å². The molecule has 10 rings (SSSR count). The van der Waals surface area contributed by atoms with E-state index in [0.29, 0.717) is 5.56 Å². The summed E-state index contributed by atoms with van der Waals surface area (Å²) in [4.78, 5) is 4.92. The molecule has 61 heavy (non-hydrogen) atoms. The van der Waals surface area contributed by atoms with Crippen molar-refractivity contribution in [1.82, 2.24) is 0 Å². The number of rotatable bonds is 3. The van der Waals surface area contributed by atoms with Crippen LogP contribution in [0.1, 0.15) is 144 Å². The van der Waals surface area contributed by atoms with Crippen molar-refractivity contribution in [1.29, 1.82) is 0 Å². The van der Waals surface area contributed by atoms with Gasteiger partial charge in [-0.1, -0.05) is 143 Å². The van der Waals surface area contributed by atoms with E-state index >= 15 is 0 Å². The summed E-state index contributed by atoms with van der Waals surface area (Å²) in [6.45, 7) is 28.0. The third kappa shape index (κ3) is 6.03. The van der Waals surface area contributed by atoms with Crippen molar-refractivity contribution in [3.05, 3.63) is 148 Å². The molecule has 0 bridgehead atoms. The molecule has 0 radical (unpaired) electrons. The van der Waals surface area contributed by atoms with Gasteiger partial charge in [0.2, 0.25) is 0 Å². The lowest BCUT2D eigenvalue weighted by molar-refractivity contribution is 0.332. The normalized spacial score (nSPS) is 19.5. The van der Waals surface area contributed by atoms with E-state index in [4.69, 9.17) is 4.11 Å². The van der Waals surface area contributed by atoms with Crippen LogP contribution in [0.2, 0.25) is 0 Å². The van der Waals surface area contributed by atoms with Crippen LogP contribution in [0.15, 0.2) is 103 Å². The Balaban J connectivity index is 1.37. The fourth-order valence-electron chi connectivity index (χ4n) is 12.1. The molecular weight excluding hydrogens is 735 g/mol. The first kappa shape index (κ1) is 36.6. The van der Waals surface area contributed by atoms with Crippen molar-refractivity contribution in [2.45, 2.75) is 143 Å². The van der Waals surface area contributed by atoms with Crippen LogP contribution in [0.5, 0.6) is 0 Å². The Labute approximate surface area is 371 Å². The smallest absolute Gasteiger partial charge is 0.252 e. The van der Waals surface area contributed by atoms with Gasteiger partial charge in [-0.05, 0) is 175 Å². The van der Waals surface area contributed by atoms with Crippen LogP contribution in [0, 0.1) is 20.7 Å². The van der Waals surface area contributed by atoms with E-state index in [0.717, 1.165) is 75.5 Å². The standard InChI is InChI=1S/C58H65BN2/c1-35-26-51-53-52(27-35)61(48-32-43-41(28-37(48)3)55(7,8)24-25-56(43,9)10)50-33-44-42(57(11,12)34-58(44,13)14)31-46(50)59(53)45-23-21-39(38-18-16-15-17-19-38)29-49(45)60(51)47-30-40(54(4,5)6)22-20-36(47)2/h15-23,26-33H,24-25,34H2,1-14H3/i1D3. The Morgan fingerprint density at radius 1 is 0.508 bits per heavy atom. The maximum Gasteiger partial charge on any atom is 0.252 e. The van der Waals surface area contributed by atoms with E-state index in [1.807, 2.05) is 12.1 Å². The molecule has 0 saturated carbocycles. The Morgan fingerprint density at radius 2 is 1.07 bits per heavy atom. The van der Waals surface area contributed by atoms with Gasteiger partial charge < -0.3 is 9.80 Å². The third-order valence-electron chi connectivity index (χ3n) is 15.4. The average molecular weight is 804 g/mol. The SMILES string of the molecule is [2H]C([2H])([2H])c1cc2c3c(c1)N(c1cc4c(cc1C)C(C)(C)CCC4(C)C)c1cc4c(cc1B3c1ccc(-c3ccccc3)cc1N2c1cc(C(C)(C)C)ccc1C)C(C)(C)CC4(C)C. The van der Waals surface area contributed by atoms with Gasteiger partial charge in [-0.25, -0.2) is 0 Å². The lowest BCUT2D eigenvalue weighted by Gasteiger charge is -2.47. The zero-order valence-electron chi connectivity index (χ0n) is 41.9. The van der Waals surface area contributed by atoms with Crippen LogP contribution < -0.4 is 26.2 Å².